The van der Waals surface area contributed by atoms with Gasteiger partial charge in [-0.3, -0.25) is 9.59 Å². The van der Waals surface area contributed by atoms with E-state index in [2.05, 4.69) is 5.32 Å². The summed E-state index contributed by atoms with van der Waals surface area (Å²) < 4.78 is 0. The molecule has 0 aromatic heterocycles. The minimum absolute atomic E-state index is 0.0369. The van der Waals surface area contributed by atoms with Crippen molar-refractivity contribution >= 4 is 23.6 Å². The molecule has 92 valence electrons. The van der Waals surface area contributed by atoms with Crippen molar-refractivity contribution in [1.82, 2.24) is 10.2 Å². The molecule has 0 aromatic rings. The van der Waals surface area contributed by atoms with Crippen molar-refractivity contribution in [3.8, 4) is 0 Å². The predicted octanol–water partition coefficient (Wildman–Crippen LogP) is 1.07. The monoisotopic (exact) mass is 244 g/mol. The number of rotatable bonds is 2. The molecule has 4 nitrogen and oxygen atoms in total. The van der Waals surface area contributed by atoms with E-state index in [0.29, 0.717) is 18.2 Å². The van der Waals surface area contributed by atoms with Gasteiger partial charge in [0.15, 0.2) is 0 Å². The van der Waals surface area contributed by atoms with Gasteiger partial charge in [0.05, 0.1) is 5.88 Å². The Balaban J connectivity index is 2.73. The summed E-state index contributed by atoms with van der Waals surface area (Å²) in [5.74, 6) is 1.34. The van der Waals surface area contributed by atoms with Crippen LogP contribution in [0.3, 0.4) is 0 Å². The lowest BCUT2D eigenvalue weighted by molar-refractivity contribution is -0.144. The number of nitrogens with one attached hydrogen (secondary N) is 1. The van der Waals surface area contributed by atoms with Gasteiger partial charge in [-0.1, -0.05) is 20.8 Å². The Bertz CT molecular complexity index is 286. The van der Waals surface area contributed by atoms with E-state index in [1.54, 1.807) is 16.7 Å². The number of likely N-dealkylation sites (N-methyl/N-ethyl adjacent to an activating group) is 1. The lowest BCUT2D eigenvalue weighted by Gasteiger charge is -2.29. The molecule has 0 saturated carbocycles. The van der Waals surface area contributed by atoms with Crippen LogP contribution in [-0.4, -0.2) is 40.9 Å². The maximum atomic E-state index is 12.1. The number of hydrogen-bond acceptors (Lipinski definition) is 3. The summed E-state index contributed by atoms with van der Waals surface area (Å²) in [4.78, 5) is 25.6. The van der Waals surface area contributed by atoms with Gasteiger partial charge in [0.25, 0.3) is 0 Å². The molecule has 0 bridgehead atoms. The van der Waals surface area contributed by atoms with E-state index in [9.17, 15) is 9.59 Å². The second-order valence-electron chi connectivity index (χ2n) is 4.94. The van der Waals surface area contributed by atoms with Gasteiger partial charge < -0.3 is 10.2 Å². The van der Waals surface area contributed by atoms with Gasteiger partial charge in [0.1, 0.15) is 6.04 Å². The third-order valence-electron chi connectivity index (χ3n) is 2.44. The summed E-state index contributed by atoms with van der Waals surface area (Å²) in [5.41, 5.74) is -0.421. The van der Waals surface area contributed by atoms with E-state index in [1.165, 1.54) is 0 Å². The molecule has 5 heteroatoms. The number of carbonyl (C=O) groups excluding carboxylic acids is 2. The van der Waals surface area contributed by atoms with Gasteiger partial charge in [-0.05, 0) is 6.92 Å². The summed E-state index contributed by atoms with van der Waals surface area (Å²) in [7, 11) is 0. The summed E-state index contributed by atoms with van der Waals surface area (Å²) in [6.45, 7) is 8.14. The normalized spacial score (nSPS) is 21.0. The molecule has 1 atom stereocenters. The molecule has 1 aliphatic heterocycles. The highest BCUT2D eigenvalue weighted by atomic mass is 32.2. The van der Waals surface area contributed by atoms with E-state index < -0.39 is 5.41 Å². The first-order valence-corrected chi connectivity index (χ1v) is 6.70. The maximum absolute atomic E-state index is 12.1. The summed E-state index contributed by atoms with van der Waals surface area (Å²) in [6, 6.07) is -0.295. The molecule has 0 aromatic carbocycles. The predicted molar refractivity (Wildman–Crippen MR) is 66.1 cm³/mol. The van der Waals surface area contributed by atoms with Crippen molar-refractivity contribution < 1.29 is 9.59 Å². The van der Waals surface area contributed by atoms with Crippen LogP contribution < -0.4 is 5.32 Å². The number of nitrogens with zero attached hydrogens (tertiary/aromatic N) is 1. The van der Waals surface area contributed by atoms with Gasteiger partial charge in [-0.15, -0.1) is 11.8 Å². The third kappa shape index (κ3) is 2.90. The first-order chi connectivity index (χ1) is 7.38. The standard InChI is InChI=1S/C11H20N2O2S/c1-5-12-9(14)8-6-16-7-13(8)10(15)11(2,3)4/h8H,5-7H2,1-4H3,(H,12,14). The fraction of sp³-hybridized carbons (Fsp3) is 0.818. The van der Waals surface area contributed by atoms with Crippen LogP contribution in [0.15, 0.2) is 0 Å². The smallest absolute Gasteiger partial charge is 0.243 e. The molecule has 1 N–H and O–H groups in total. The molecule has 16 heavy (non-hydrogen) atoms. The average molecular weight is 244 g/mol. The van der Waals surface area contributed by atoms with Gasteiger partial charge in [0, 0.05) is 17.7 Å². The molecule has 1 aliphatic rings. The molecule has 1 unspecified atom stereocenters. The topological polar surface area (TPSA) is 49.4 Å². The fourth-order valence-corrected chi connectivity index (χ4v) is 2.74. The van der Waals surface area contributed by atoms with Crippen molar-refractivity contribution in [2.45, 2.75) is 33.7 Å². The van der Waals surface area contributed by atoms with E-state index in [-0.39, 0.29) is 17.9 Å². The van der Waals surface area contributed by atoms with Crippen LogP contribution in [0.5, 0.6) is 0 Å². The van der Waals surface area contributed by atoms with Gasteiger partial charge in [-0.2, -0.15) is 0 Å². The van der Waals surface area contributed by atoms with Crippen LogP contribution in [0.1, 0.15) is 27.7 Å². The molecule has 2 amide bonds. The first kappa shape index (κ1) is 13.4. The van der Waals surface area contributed by atoms with E-state index in [1.807, 2.05) is 27.7 Å². The van der Waals surface area contributed by atoms with E-state index in [0.717, 1.165) is 0 Å². The zero-order chi connectivity index (χ0) is 12.3. The Morgan fingerprint density at radius 1 is 1.44 bits per heavy atom. The Kier molecular flexibility index (Phi) is 4.24. The van der Waals surface area contributed by atoms with Crippen LogP contribution in [0.2, 0.25) is 0 Å². The van der Waals surface area contributed by atoms with Gasteiger partial charge in [0.2, 0.25) is 11.8 Å². The minimum Gasteiger partial charge on any atom is -0.355 e. The second-order valence-corrected chi connectivity index (χ2v) is 5.93. The molecule has 0 aliphatic carbocycles. The molecule has 1 rings (SSSR count). The quantitative estimate of drug-likeness (QED) is 0.790. The minimum atomic E-state index is -0.421. The molecular formula is C11H20N2O2S. The maximum Gasteiger partial charge on any atom is 0.243 e. The summed E-state index contributed by atoms with van der Waals surface area (Å²) in [6.07, 6.45) is 0. The Morgan fingerprint density at radius 3 is 2.56 bits per heavy atom. The first-order valence-electron chi connectivity index (χ1n) is 5.54. The van der Waals surface area contributed by atoms with Gasteiger partial charge >= 0.3 is 0 Å². The number of thioether (sulfide) groups is 1. The lowest BCUT2D eigenvalue weighted by Crippen LogP contribution is -2.50. The Labute approximate surface area is 101 Å². The average Bonchev–Trinajstić information content (AvgIpc) is 2.63. The lowest BCUT2D eigenvalue weighted by atomic mass is 9.94. The van der Waals surface area contributed by atoms with Crippen molar-refractivity contribution in [1.29, 1.82) is 0 Å². The highest BCUT2D eigenvalue weighted by Gasteiger charge is 2.38. The Hall–Kier alpha value is -0.710. The molecule has 0 spiro atoms. The summed E-state index contributed by atoms with van der Waals surface area (Å²) in [5, 5.41) is 2.78. The fourth-order valence-electron chi connectivity index (χ4n) is 1.58. The number of carbonyl (C=O) groups is 2. The third-order valence-corrected chi connectivity index (χ3v) is 3.45. The molecule has 0 radical (unpaired) electrons. The van der Waals surface area contributed by atoms with Crippen LogP contribution in [-0.2, 0) is 9.59 Å². The highest BCUT2D eigenvalue weighted by Crippen LogP contribution is 2.27. The summed E-state index contributed by atoms with van der Waals surface area (Å²) >= 11 is 1.63. The largest absolute Gasteiger partial charge is 0.355 e. The SMILES string of the molecule is CCNC(=O)C1CSCN1C(=O)C(C)(C)C. The van der Waals surface area contributed by atoms with Gasteiger partial charge in [-0.25, -0.2) is 0 Å². The zero-order valence-corrected chi connectivity index (χ0v) is 11.2. The molecule has 1 fully saturated rings. The van der Waals surface area contributed by atoms with Crippen molar-refractivity contribution in [3.63, 3.8) is 0 Å². The molecule has 1 saturated heterocycles. The number of hydrogen-bond donors (Lipinski definition) is 1. The Morgan fingerprint density at radius 2 is 2.06 bits per heavy atom. The van der Waals surface area contributed by atoms with Crippen LogP contribution in [0.25, 0.3) is 0 Å². The zero-order valence-electron chi connectivity index (χ0n) is 10.4. The van der Waals surface area contributed by atoms with Crippen molar-refractivity contribution in [2.24, 2.45) is 5.41 Å². The van der Waals surface area contributed by atoms with Crippen LogP contribution >= 0.6 is 11.8 Å². The molecular weight excluding hydrogens is 224 g/mol. The van der Waals surface area contributed by atoms with E-state index in [4.69, 9.17) is 0 Å². The number of amides is 2. The van der Waals surface area contributed by atoms with Crippen molar-refractivity contribution in [2.75, 3.05) is 18.2 Å². The highest BCUT2D eigenvalue weighted by molar-refractivity contribution is 7.99. The molecule has 1 heterocycles. The van der Waals surface area contributed by atoms with Crippen LogP contribution in [0, 0.1) is 5.41 Å². The van der Waals surface area contributed by atoms with Crippen LogP contribution in [0.4, 0.5) is 0 Å². The second kappa shape index (κ2) is 5.08. The van der Waals surface area contributed by atoms with Crippen molar-refractivity contribution in [3.05, 3.63) is 0 Å². The van der Waals surface area contributed by atoms with E-state index >= 15 is 0 Å².